The number of thioether (sulfide) groups is 1. The highest BCUT2D eigenvalue weighted by Crippen LogP contribution is 2.28. The molecule has 0 aromatic carbocycles. The summed E-state index contributed by atoms with van der Waals surface area (Å²) in [6.07, 6.45) is 9.28. The molecule has 1 rings (SSSR count). The van der Waals surface area contributed by atoms with E-state index in [0.29, 0.717) is 10.8 Å². The molecule has 1 N–H and O–H groups in total. The van der Waals surface area contributed by atoms with E-state index in [1.54, 1.807) is 5.57 Å². The molecule has 0 saturated heterocycles. The van der Waals surface area contributed by atoms with Crippen molar-refractivity contribution in [1.82, 2.24) is 5.32 Å². The summed E-state index contributed by atoms with van der Waals surface area (Å²) < 4.78 is 0.374. The van der Waals surface area contributed by atoms with Crippen molar-refractivity contribution >= 4 is 11.8 Å². The first-order valence-electron chi connectivity index (χ1n) is 7.09. The molecule has 0 saturated carbocycles. The summed E-state index contributed by atoms with van der Waals surface area (Å²) in [7, 11) is 0. The molecule has 0 fully saturated rings. The van der Waals surface area contributed by atoms with E-state index in [1.807, 2.05) is 0 Å². The van der Waals surface area contributed by atoms with E-state index in [4.69, 9.17) is 0 Å². The molecule has 2 heteroatoms. The predicted octanol–water partition coefficient (Wildman–Crippen LogP) is 4.39. The molecule has 0 spiro atoms. The molecule has 1 aliphatic carbocycles. The van der Waals surface area contributed by atoms with Gasteiger partial charge < -0.3 is 5.32 Å². The van der Waals surface area contributed by atoms with Gasteiger partial charge in [0.1, 0.15) is 0 Å². The molecule has 0 aromatic heterocycles. The first kappa shape index (κ1) is 15.1. The lowest BCUT2D eigenvalue weighted by atomic mass is 10.0. The number of likely N-dealkylation sites (N-methyl/N-ethyl adjacent to an activating group) is 1. The minimum absolute atomic E-state index is 0.374. The van der Waals surface area contributed by atoms with Gasteiger partial charge in [-0.25, -0.2) is 0 Å². The molecule has 100 valence electrons. The number of hydrogen-bond donors (Lipinski definition) is 1. The number of hydrogen-bond acceptors (Lipinski definition) is 2. The predicted molar refractivity (Wildman–Crippen MR) is 80.8 cm³/mol. The van der Waals surface area contributed by atoms with Crippen molar-refractivity contribution in [2.75, 3.05) is 12.3 Å². The maximum Gasteiger partial charge on any atom is 0.0370 e. The van der Waals surface area contributed by atoms with Gasteiger partial charge in [-0.1, -0.05) is 45.8 Å². The summed E-state index contributed by atoms with van der Waals surface area (Å²) in [6, 6.07) is 0.599. The zero-order valence-electron chi connectivity index (χ0n) is 12.0. The number of nitrogens with one attached hydrogen (secondary N) is 1. The minimum atomic E-state index is 0.374. The van der Waals surface area contributed by atoms with Gasteiger partial charge in [0.15, 0.2) is 0 Å². The van der Waals surface area contributed by atoms with Crippen molar-refractivity contribution in [1.29, 1.82) is 0 Å². The summed E-state index contributed by atoms with van der Waals surface area (Å²) in [6.45, 7) is 10.2. The molecular weight excluding hydrogens is 226 g/mol. The summed E-state index contributed by atoms with van der Waals surface area (Å²) in [5.74, 6) is 1.21. The third kappa shape index (κ3) is 6.52. The molecule has 0 radical (unpaired) electrons. The van der Waals surface area contributed by atoms with Crippen molar-refractivity contribution in [3.8, 4) is 0 Å². The van der Waals surface area contributed by atoms with Crippen molar-refractivity contribution in [2.45, 2.75) is 70.6 Å². The maximum absolute atomic E-state index is 3.66. The van der Waals surface area contributed by atoms with Crippen LogP contribution in [-0.2, 0) is 0 Å². The van der Waals surface area contributed by atoms with Gasteiger partial charge in [-0.2, -0.15) is 11.8 Å². The van der Waals surface area contributed by atoms with Crippen LogP contribution in [0.25, 0.3) is 0 Å². The van der Waals surface area contributed by atoms with Gasteiger partial charge in [-0.05, 0) is 32.2 Å². The number of allylic oxidation sites excluding steroid dienone is 1. The summed E-state index contributed by atoms with van der Waals surface area (Å²) in [5.41, 5.74) is 1.67. The van der Waals surface area contributed by atoms with E-state index in [-0.39, 0.29) is 0 Å². The molecular formula is C15H29NS. The highest BCUT2D eigenvalue weighted by Gasteiger charge is 2.18. The van der Waals surface area contributed by atoms with Crippen LogP contribution in [-0.4, -0.2) is 23.1 Å². The second kappa shape index (κ2) is 7.48. The van der Waals surface area contributed by atoms with E-state index in [2.05, 4.69) is 50.8 Å². The average Bonchev–Trinajstić information content (AvgIpc) is 2.51. The molecule has 1 nitrogen and oxygen atoms in total. The Balaban J connectivity index is 2.54. The third-order valence-corrected chi connectivity index (χ3v) is 4.52. The van der Waals surface area contributed by atoms with Crippen LogP contribution in [0.4, 0.5) is 0 Å². The molecule has 1 atom stereocenters. The van der Waals surface area contributed by atoms with Gasteiger partial charge in [0.2, 0.25) is 0 Å². The number of rotatable bonds is 5. The quantitative estimate of drug-likeness (QED) is 0.731. The molecule has 0 heterocycles. The van der Waals surface area contributed by atoms with Crippen LogP contribution in [0.15, 0.2) is 11.6 Å². The fraction of sp³-hybridized carbons (Fsp3) is 0.867. The first-order valence-corrected chi connectivity index (χ1v) is 8.08. The Morgan fingerprint density at radius 2 is 2.06 bits per heavy atom. The van der Waals surface area contributed by atoms with Crippen LogP contribution in [0.2, 0.25) is 0 Å². The topological polar surface area (TPSA) is 12.0 Å². The fourth-order valence-corrected chi connectivity index (χ4v) is 3.23. The Bertz CT molecular complexity index is 240. The smallest absolute Gasteiger partial charge is 0.0370 e. The summed E-state index contributed by atoms with van der Waals surface area (Å²) >= 11 is 2.08. The van der Waals surface area contributed by atoms with Crippen LogP contribution in [0.3, 0.4) is 0 Å². The molecule has 0 aliphatic heterocycles. The fourth-order valence-electron chi connectivity index (χ4n) is 2.23. The van der Waals surface area contributed by atoms with E-state index in [9.17, 15) is 0 Å². The van der Waals surface area contributed by atoms with Crippen LogP contribution in [0.5, 0.6) is 0 Å². The molecule has 17 heavy (non-hydrogen) atoms. The van der Waals surface area contributed by atoms with E-state index in [1.165, 1.54) is 37.9 Å². The molecule has 0 bridgehead atoms. The zero-order valence-corrected chi connectivity index (χ0v) is 12.8. The van der Waals surface area contributed by atoms with Crippen molar-refractivity contribution in [3.05, 3.63) is 11.6 Å². The molecule has 0 amide bonds. The van der Waals surface area contributed by atoms with Crippen molar-refractivity contribution in [3.63, 3.8) is 0 Å². The van der Waals surface area contributed by atoms with Crippen LogP contribution < -0.4 is 5.32 Å². The van der Waals surface area contributed by atoms with Crippen LogP contribution in [0, 0.1) is 0 Å². The van der Waals surface area contributed by atoms with E-state index >= 15 is 0 Å². The first-order chi connectivity index (χ1) is 8.03. The van der Waals surface area contributed by atoms with Crippen molar-refractivity contribution < 1.29 is 0 Å². The lowest BCUT2D eigenvalue weighted by Gasteiger charge is -2.25. The summed E-state index contributed by atoms with van der Waals surface area (Å²) in [5, 5.41) is 3.66. The van der Waals surface area contributed by atoms with Crippen LogP contribution in [0.1, 0.15) is 59.8 Å². The largest absolute Gasteiger partial charge is 0.310 e. The average molecular weight is 255 g/mol. The van der Waals surface area contributed by atoms with Gasteiger partial charge in [-0.3, -0.25) is 0 Å². The highest BCUT2D eigenvalue weighted by atomic mass is 32.2. The normalized spacial score (nSPS) is 19.6. The van der Waals surface area contributed by atoms with Gasteiger partial charge >= 0.3 is 0 Å². The Morgan fingerprint density at radius 1 is 1.29 bits per heavy atom. The van der Waals surface area contributed by atoms with E-state index in [0.717, 1.165) is 6.54 Å². The van der Waals surface area contributed by atoms with E-state index < -0.39 is 0 Å². The van der Waals surface area contributed by atoms with Gasteiger partial charge in [0, 0.05) is 16.5 Å². The van der Waals surface area contributed by atoms with Crippen molar-refractivity contribution in [2.24, 2.45) is 0 Å². The van der Waals surface area contributed by atoms with Crippen LogP contribution >= 0.6 is 11.8 Å². The third-order valence-electron chi connectivity index (χ3n) is 3.16. The maximum atomic E-state index is 3.66. The Labute approximate surface area is 112 Å². The lowest BCUT2D eigenvalue weighted by Crippen LogP contribution is -2.34. The second-order valence-corrected chi connectivity index (χ2v) is 7.76. The highest BCUT2D eigenvalue weighted by molar-refractivity contribution is 8.00. The SMILES string of the molecule is CCNC(CSC(C)(C)C)C1=CCCCCC1. The Morgan fingerprint density at radius 3 is 2.71 bits per heavy atom. The monoisotopic (exact) mass is 255 g/mol. The zero-order chi connectivity index (χ0) is 12.7. The second-order valence-electron chi connectivity index (χ2n) is 5.91. The lowest BCUT2D eigenvalue weighted by molar-refractivity contribution is 0.605. The van der Waals surface area contributed by atoms with Gasteiger partial charge in [0.25, 0.3) is 0 Å². The standard InChI is InChI=1S/C15H29NS/c1-5-16-14(12-17-15(2,3)4)13-10-8-6-7-9-11-13/h10,14,16H,5-9,11-12H2,1-4H3. The Hall–Kier alpha value is 0.0500. The molecule has 1 unspecified atom stereocenters. The summed E-state index contributed by atoms with van der Waals surface area (Å²) in [4.78, 5) is 0. The van der Waals surface area contributed by atoms with Gasteiger partial charge in [-0.15, -0.1) is 0 Å². The Kier molecular flexibility index (Phi) is 6.65. The minimum Gasteiger partial charge on any atom is -0.310 e. The molecule has 1 aliphatic rings. The van der Waals surface area contributed by atoms with Gasteiger partial charge in [0.05, 0.1) is 0 Å². The molecule has 0 aromatic rings.